The highest BCUT2D eigenvalue weighted by Gasteiger charge is 2.35. The molecule has 5 N–H and O–H groups in total. The maximum absolute atomic E-state index is 12.3. The van der Waals surface area contributed by atoms with E-state index in [2.05, 4.69) is 0 Å². The average Bonchev–Trinajstić information content (AvgIpc) is 2.43. The van der Waals surface area contributed by atoms with Crippen LogP contribution >= 0.6 is 7.60 Å². The normalized spacial score (nSPS) is 15.8. The lowest BCUT2D eigenvalue weighted by atomic mass is 9.88. The number of carboxylic acid groups (broad SMARTS) is 1. The first-order chi connectivity index (χ1) is 10.1. The molecule has 0 heterocycles. The number of aliphatic carboxylic acids is 1. The van der Waals surface area contributed by atoms with Crippen LogP contribution < -0.4 is 5.73 Å². The van der Waals surface area contributed by atoms with Crippen molar-refractivity contribution in [1.29, 1.82) is 0 Å². The second kappa shape index (κ2) is 7.65. The fourth-order valence-electron chi connectivity index (χ4n) is 2.11. The van der Waals surface area contributed by atoms with E-state index in [1.165, 1.54) is 6.92 Å². The summed E-state index contributed by atoms with van der Waals surface area (Å²) in [6.45, 7) is 1.29. The minimum atomic E-state index is -4.43. The number of hydrogen-bond donors (Lipinski definition) is 4. The van der Waals surface area contributed by atoms with Crippen LogP contribution in [0, 0.1) is 11.8 Å². The van der Waals surface area contributed by atoms with Crippen LogP contribution in [0.2, 0.25) is 0 Å². The first kappa shape index (κ1) is 18.5. The summed E-state index contributed by atoms with van der Waals surface area (Å²) in [7, 11) is -4.43. The first-order valence-electron chi connectivity index (χ1n) is 6.72. The molecule has 7 nitrogen and oxygen atoms in total. The number of Topliss-reactive ketones (excluding diaryl/α,β-unsaturated/α-hetero) is 1. The number of ketones is 1. The van der Waals surface area contributed by atoms with E-state index >= 15 is 0 Å². The summed E-state index contributed by atoms with van der Waals surface area (Å²) in [4.78, 5) is 41.6. The summed E-state index contributed by atoms with van der Waals surface area (Å²) in [5.41, 5.74) is 6.38. The Balaban J connectivity index is 2.97. The van der Waals surface area contributed by atoms with E-state index in [4.69, 9.17) is 20.6 Å². The minimum absolute atomic E-state index is 0.102. The molecule has 1 rings (SSSR count). The van der Waals surface area contributed by atoms with Crippen molar-refractivity contribution in [3.8, 4) is 0 Å². The molecule has 1 aromatic carbocycles. The zero-order valence-electron chi connectivity index (χ0n) is 12.1. The van der Waals surface area contributed by atoms with Gasteiger partial charge in [0.25, 0.3) is 0 Å². The van der Waals surface area contributed by atoms with Crippen LogP contribution in [-0.2, 0) is 20.6 Å². The standard InChI is InChI=1S/C14H20NO6P/c1-9(14(17)18)12(15)13(16)11(8-22(19,20)21)7-10-5-3-2-4-6-10/h2-6,9,11-12H,7-8,15H2,1H3,(H,17,18)(H2,19,20,21). The van der Waals surface area contributed by atoms with E-state index in [9.17, 15) is 14.2 Å². The van der Waals surface area contributed by atoms with Crippen molar-refractivity contribution in [1.82, 2.24) is 0 Å². The van der Waals surface area contributed by atoms with Crippen LogP contribution in [0.5, 0.6) is 0 Å². The van der Waals surface area contributed by atoms with Gasteiger partial charge in [-0.2, -0.15) is 0 Å². The van der Waals surface area contributed by atoms with Crippen LogP contribution in [0.1, 0.15) is 12.5 Å². The van der Waals surface area contributed by atoms with Gasteiger partial charge in [0.15, 0.2) is 5.78 Å². The second-order valence-electron chi connectivity index (χ2n) is 5.29. The van der Waals surface area contributed by atoms with Gasteiger partial charge in [-0.3, -0.25) is 14.2 Å². The van der Waals surface area contributed by atoms with Gasteiger partial charge in [-0.15, -0.1) is 0 Å². The molecular formula is C14H20NO6P. The largest absolute Gasteiger partial charge is 0.481 e. The van der Waals surface area contributed by atoms with Crippen LogP contribution in [0.25, 0.3) is 0 Å². The summed E-state index contributed by atoms with van der Waals surface area (Å²) in [6.07, 6.45) is -0.550. The molecular weight excluding hydrogens is 309 g/mol. The van der Waals surface area contributed by atoms with Gasteiger partial charge >= 0.3 is 13.6 Å². The molecule has 0 spiro atoms. The predicted octanol–water partition coefficient (Wildman–Crippen LogP) is 0.640. The molecule has 3 unspecified atom stereocenters. The third-order valence-electron chi connectivity index (χ3n) is 3.44. The molecule has 0 bridgehead atoms. The van der Waals surface area contributed by atoms with E-state index in [1.54, 1.807) is 30.3 Å². The molecule has 8 heteroatoms. The van der Waals surface area contributed by atoms with Gasteiger partial charge in [0, 0.05) is 5.92 Å². The number of carbonyl (C=O) groups is 2. The number of benzene rings is 1. The van der Waals surface area contributed by atoms with Crippen molar-refractivity contribution in [2.75, 3.05) is 6.16 Å². The molecule has 3 atom stereocenters. The second-order valence-corrected chi connectivity index (χ2v) is 6.98. The highest BCUT2D eigenvalue weighted by Crippen LogP contribution is 2.38. The molecule has 0 aromatic heterocycles. The van der Waals surface area contributed by atoms with E-state index in [1.807, 2.05) is 0 Å². The molecule has 122 valence electrons. The molecule has 0 amide bonds. The van der Waals surface area contributed by atoms with Crippen molar-refractivity contribution in [3.05, 3.63) is 35.9 Å². The van der Waals surface area contributed by atoms with Crippen LogP contribution in [0.15, 0.2) is 30.3 Å². The summed E-state index contributed by atoms with van der Waals surface area (Å²) in [5, 5.41) is 8.92. The zero-order valence-corrected chi connectivity index (χ0v) is 13.0. The lowest BCUT2D eigenvalue weighted by Gasteiger charge is -2.22. The number of rotatable bonds is 8. The molecule has 0 fully saturated rings. The minimum Gasteiger partial charge on any atom is -0.481 e. The Morgan fingerprint density at radius 2 is 1.77 bits per heavy atom. The third kappa shape index (κ3) is 5.69. The van der Waals surface area contributed by atoms with Gasteiger partial charge in [-0.1, -0.05) is 30.3 Å². The fraction of sp³-hybridized carbons (Fsp3) is 0.429. The van der Waals surface area contributed by atoms with Gasteiger partial charge in [-0.05, 0) is 18.9 Å². The third-order valence-corrected chi connectivity index (χ3v) is 4.36. The highest BCUT2D eigenvalue weighted by atomic mass is 31.2. The van der Waals surface area contributed by atoms with Gasteiger partial charge < -0.3 is 20.6 Å². The van der Waals surface area contributed by atoms with Crippen molar-refractivity contribution in [2.45, 2.75) is 19.4 Å². The molecule has 0 aliphatic rings. The Kier molecular flexibility index (Phi) is 6.44. The summed E-state index contributed by atoms with van der Waals surface area (Å²) >= 11 is 0. The van der Waals surface area contributed by atoms with Crippen molar-refractivity contribution >= 4 is 19.3 Å². The van der Waals surface area contributed by atoms with E-state index in [0.717, 1.165) is 5.56 Å². The lowest BCUT2D eigenvalue weighted by Crippen LogP contribution is -2.45. The first-order valence-corrected chi connectivity index (χ1v) is 8.52. The Labute approximate surface area is 128 Å². The summed E-state index contributed by atoms with van der Waals surface area (Å²) in [5.74, 6) is -4.03. The fourth-order valence-corrected chi connectivity index (χ4v) is 3.00. The summed E-state index contributed by atoms with van der Waals surface area (Å²) in [6, 6.07) is 7.42. The van der Waals surface area contributed by atoms with Crippen molar-refractivity contribution in [2.24, 2.45) is 17.6 Å². The molecule has 0 radical (unpaired) electrons. The molecule has 1 aromatic rings. The quantitative estimate of drug-likeness (QED) is 0.513. The Morgan fingerprint density at radius 1 is 1.23 bits per heavy atom. The average molecular weight is 329 g/mol. The van der Waals surface area contributed by atoms with Crippen LogP contribution in [0.3, 0.4) is 0 Å². The Hall–Kier alpha value is -1.53. The number of carboxylic acids is 1. The molecule has 0 saturated heterocycles. The van der Waals surface area contributed by atoms with Gasteiger partial charge in [-0.25, -0.2) is 0 Å². The van der Waals surface area contributed by atoms with Gasteiger partial charge in [0.2, 0.25) is 0 Å². The van der Waals surface area contributed by atoms with Gasteiger partial charge in [0.05, 0.1) is 18.1 Å². The summed E-state index contributed by atoms with van der Waals surface area (Å²) < 4.78 is 11.2. The Morgan fingerprint density at radius 3 is 2.23 bits per heavy atom. The number of hydrogen-bond acceptors (Lipinski definition) is 4. The SMILES string of the molecule is CC(C(=O)O)C(N)C(=O)C(Cc1ccccc1)CP(=O)(O)O. The number of nitrogens with two attached hydrogens (primary N) is 1. The topological polar surface area (TPSA) is 138 Å². The van der Waals surface area contributed by atoms with Crippen molar-refractivity contribution < 1.29 is 29.0 Å². The van der Waals surface area contributed by atoms with E-state index < -0.39 is 43.4 Å². The smallest absolute Gasteiger partial charge is 0.326 e. The maximum atomic E-state index is 12.3. The molecule has 22 heavy (non-hydrogen) atoms. The molecule has 0 saturated carbocycles. The van der Waals surface area contributed by atoms with E-state index in [0.29, 0.717) is 0 Å². The van der Waals surface area contributed by atoms with Gasteiger partial charge in [0.1, 0.15) is 0 Å². The predicted molar refractivity (Wildman–Crippen MR) is 80.3 cm³/mol. The monoisotopic (exact) mass is 329 g/mol. The highest BCUT2D eigenvalue weighted by molar-refractivity contribution is 7.51. The molecule has 0 aliphatic heterocycles. The maximum Gasteiger partial charge on any atom is 0.326 e. The number of carbonyl (C=O) groups excluding carboxylic acids is 1. The van der Waals surface area contributed by atoms with Crippen LogP contribution in [0.4, 0.5) is 0 Å². The molecule has 0 aliphatic carbocycles. The Bertz CT molecular complexity index is 570. The zero-order chi connectivity index (χ0) is 16.9. The van der Waals surface area contributed by atoms with Crippen molar-refractivity contribution in [3.63, 3.8) is 0 Å². The van der Waals surface area contributed by atoms with Crippen LogP contribution in [-0.4, -0.2) is 38.8 Å². The van der Waals surface area contributed by atoms with E-state index in [-0.39, 0.29) is 6.42 Å². The lowest BCUT2D eigenvalue weighted by molar-refractivity contribution is -0.144.